The molecular weight excluding hydrogens is 332 g/mol. The second-order valence-electron chi connectivity index (χ2n) is 5.85. The Morgan fingerprint density at radius 1 is 1.24 bits per heavy atom. The monoisotopic (exact) mass is 348 g/mol. The summed E-state index contributed by atoms with van der Waals surface area (Å²) in [6.45, 7) is 2.43. The van der Waals surface area contributed by atoms with Crippen LogP contribution in [0.15, 0.2) is 59.9 Å². The second kappa shape index (κ2) is 6.57. The minimum Gasteiger partial charge on any atom is -0.350 e. The van der Waals surface area contributed by atoms with Crippen molar-refractivity contribution >= 4 is 22.8 Å². The molecule has 0 saturated heterocycles. The standard InChI is InChI=1S/C19H16N4OS/c1-12-16(13-5-3-2-4-6-13)17(12)18(24)22-9-14-11-25-19(23-14)15-10-20-7-8-21-15/h2-8,10-11,17H,9H2,1H3,(H,22,24). The Kier molecular flexibility index (Phi) is 4.11. The van der Waals surface area contributed by atoms with Crippen LogP contribution >= 0.6 is 11.3 Å². The minimum absolute atomic E-state index is 0.0328. The van der Waals surface area contributed by atoms with Crippen LogP contribution in [0.2, 0.25) is 0 Å². The van der Waals surface area contributed by atoms with Gasteiger partial charge in [-0.15, -0.1) is 11.3 Å². The summed E-state index contributed by atoms with van der Waals surface area (Å²) in [4.78, 5) is 25.3. The third-order valence-corrected chi connectivity index (χ3v) is 5.10. The molecule has 2 aromatic heterocycles. The first-order chi connectivity index (χ1) is 12.2. The third-order valence-electron chi connectivity index (χ3n) is 4.19. The first-order valence-electron chi connectivity index (χ1n) is 7.98. The zero-order valence-corrected chi connectivity index (χ0v) is 14.5. The maximum Gasteiger partial charge on any atom is 0.232 e. The number of aromatic nitrogens is 3. The van der Waals surface area contributed by atoms with Gasteiger partial charge in [-0.05, 0) is 18.1 Å². The zero-order valence-electron chi connectivity index (χ0n) is 13.6. The third kappa shape index (κ3) is 3.21. The number of hydrogen-bond donors (Lipinski definition) is 1. The van der Waals surface area contributed by atoms with E-state index in [1.807, 2.05) is 42.6 Å². The van der Waals surface area contributed by atoms with Gasteiger partial charge in [-0.25, -0.2) is 4.98 Å². The van der Waals surface area contributed by atoms with Gasteiger partial charge in [-0.3, -0.25) is 14.8 Å². The Labute approximate surface area is 149 Å². The maximum atomic E-state index is 12.5. The number of nitrogens with zero attached hydrogens (tertiary/aromatic N) is 3. The van der Waals surface area contributed by atoms with Gasteiger partial charge >= 0.3 is 0 Å². The number of thiazole rings is 1. The van der Waals surface area contributed by atoms with Crippen molar-refractivity contribution in [1.29, 1.82) is 0 Å². The number of amides is 1. The molecule has 1 aliphatic carbocycles. The zero-order chi connectivity index (χ0) is 17.2. The molecule has 1 aromatic carbocycles. The summed E-state index contributed by atoms with van der Waals surface area (Å²) >= 11 is 1.50. The Bertz CT molecular complexity index is 934. The molecule has 0 bridgehead atoms. The molecule has 3 aromatic rings. The highest BCUT2D eigenvalue weighted by Crippen LogP contribution is 2.46. The quantitative estimate of drug-likeness (QED) is 0.768. The van der Waals surface area contributed by atoms with Crippen LogP contribution in [-0.4, -0.2) is 20.9 Å². The van der Waals surface area contributed by atoms with E-state index in [-0.39, 0.29) is 11.8 Å². The Morgan fingerprint density at radius 2 is 2.08 bits per heavy atom. The van der Waals surface area contributed by atoms with E-state index in [1.54, 1.807) is 18.6 Å². The van der Waals surface area contributed by atoms with E-state index in [1.165, 1.54) is 11.3 Å². The molecule has 0 radical (unpaired) electrons. The first kappa shape index (κ1) is 15.7. The fourth-order valence-corrected chi connectivity index (χ4v) is 3.65. The summed E-state index contributed by atoms with van der Waals surface area (Å²) in [5, 5.41) is 5.73. The van der Waals surface area contributed by atoms with E-state index < -0.39 is 0 Å². The molecule has 1 aliphatic rings. The number of nitrogens with one attached hydrogen (secondary N) is 1. The van der Waals surface area contributed by atoms with Gasteiger partial charge in [-0.2, -0.15) is 0 Å². The second-order valence-corrected chi connectivity index (χ2v) is 6.71. The van der Waals surface area contributed by atoms with Gasteiger partial charge < -0.3 is 5.32 Å². The molecule has 0 fully saturated rings. The number of carbonyl (C=O) groups is 1. The first-order valence-corrected chi connectivity index (χ1v) is 8.86. The van der Waals surface area contributed by atoms with Gasteiger partial charge in [-0.1, -0.05) is 35.9 Å². The predicted molar refractivity (Wildman–Crippen MR) is 97.5 cm³/mol. The van der Waals surface area contributed by atoms with E-state index in [4.69, 9.17) is 0 Å². The smallest absolute Gasteiger partial charge is 0.232 e. The number of rotatable bonds is 5. The van der Waals surface area contributed by atoms with Crippen LogP contribution in [0.4, 0.5) is 0 Å². The summed E-state index contributed by atoms with van der Waals surface area (Å²) < 4.78 is 0. The van der Waals surface area contributed by atoms with Crippen molar-refractivity contribution in [3.8, 4) is 10.7 Å². The summed E-state index contributed by atoms with van der Waals surface area (Å²) in [5.41, 5.74) is 4.98. The van der Waals surface area contributed by atoms with Crippen molar-refractivity contribution in [2.45, 2.75) is 13.5 Å². The average Bonchev–Trinajstić information content (AvgIpc) is 3.11. The summed E-state index contributed by atoms with van der Waals surface area (Å²) in [6, 6.07) is 10.0. The van der Waals surface area contributed by atoms with Gasteiger partial charge in [0.05, 0.1) is 24.4 Å². The Balaban J connectivity index is 1.37. The van der Waals surface area contributed by atoms with Crippen LogP contribution in [0.5, 0.6) is 0 Å². The largest absolute Gasteiger partial charge is 0.350 e. The fourth-order valence-electron chi connectivity index (χ4n) is 2.87. The number of carbonyl (C=O) groups excluding carboxylic acids is 1. The van der Waals surface area contributed by atoms with Gasteiger partial charge in [0, 0.05) is 17.8 Å². The molecule has 1 N–H and O–H groups in total. The molecule has 1 amide bonds. The highest BCUT2D eigenvalue weighted by atomic mass is 32.1. The lowest BCUT2D eigenvalue weighted by Crippen LogP contribution is -2.26. The van der Waals surface area contributed by atoms with E-state index >= 15 is 0 Å². The van der Waals surface area contributed by atoms with Crippen molar-refractivity contribution in [2.75, 3.05) is 0 Å². The van der Waals surface area contributed by atoms with Crippen molar-refractivity contribution in [1.82, 2.24) is 20.3 Å². The van der Waals surface area contributed by atoms with Crippen molar-refractivity contribution in [2.24, 2.45) is 5.92 Å². The molecule has 1 atom stereocenters. The summed E-state index contributed by atoms with van der Waals surface area (Å²) in [6.07, 6.45) is 4.96. The van der Waals surface area contributed by atoms with Crippen LogP contribution in [0, 0.1) is 5.92 Å². The fraction of sp³-hybridized carbons (Fsp3) is 0.158. The van der Waals surface area contributed by atoms with Gasteiger partial charge in [0.25, 0.3) is 0 Å². The lowest BCUT2D eigenvalue weighted by molar-refractivity contribution is -0.121. The summed E-state index contributed by atoms with van der Waals surface area (Å²) in [5.74, 6) is -0.0779. The molecule has 6 heteroatoms. The molecule has 5 nitrogen and oxygen atoms in total. The van der Waals surface area contributed by atoms with E-state index in [0.29, 0.717) is 6.54 Å². The van der Waals surface area contributed by atoms with E-state index in [0.717, 1.165) is 33.1 Å². The van der Waals surface area contributed by atoms with Gasteiger partial charge in [0.15, 0.2) is 0 Å². The van der Waals surface area contributed by atoms with Crippen LogP contribution in [0.3, 0.4) is 0 Å². The SMILES string of the molecule is CC1=C(c2ccccc2)C1C(=O)NCc1csc(-c2cnccn2)n1. The molecule has 2 heterocycles. The van der Waals surface area contributed by atoms with E-state index in [9.17, 15) is 4.79 Å². The van der Waals surface area contributed by atoms with Crippen molar-refractivity contribution in [3.63, 3.8) is 0 Å². The molecule has 124 valence electrons. The van der Waals surface area contributed by atoms with E-state index in [2.05, 4.69) is 20.3 Å². The Morgan fingerprint density at radius 3 is 2.84 bits per heavy atom. The molecule has 0 saturated carbocycles. The van der Waals surface area contributed by atoms with Gasteiger partial charge in [0.2, 0.25) is 5.91 Å². The molecule has 1 unspecified atom stereocenters. The summed E-state index contributed by atoms with van der Waals surface area (Å²) in [7, 11) is 0. The molecule has 4 rings (SSSR count). The van der Waals surface area contributed by atoms with Gasteiger partial charge in [0.1, 0.15) is 10.7 Å². The molecule has 0 aliphatic heterocycles. The normalized spacial score (nSPS) is 16.0. The topological polar surface area (TPSA) is 67.8 Å². The molecule has 0 spiro atoms. The maximum absolute atomic E-state index is 12.5. The number of hydrogen-bond acceptors (Lipinski definition) is 5. The van der Waals surface area contributed by atoms with Crippen molar-refractivity contribution < 1.29 is 4.79 Å². The molecule has 25 heavy (non-hydrogen) atoms. The van der Waals surface area contributed by atoms with Crippen molar-refractivity contribution in [3.05, 3.63) is 71.1 Å². The number of benzene rings is 1. The minimum atomic E-state index is -0.111. The lowest BCUT2D eigenvalue weighted by atomic mass is 10.1. The van der Waals surface area contributed by atoms with Crippen LogP contribution in [0.25, 0.3) is 16.3 Å². The Hall–Kier alpha value is -2.86. The average molecular weight is 348 g/mol. The molecular formula is C19H16N4OS. The van der Waals surface area contributed by atoms with Crippen LogP contribution < -0.4 is 5.32 Å². The van der Waals surface area contributed by atoms with Crippen LogP contribution in [-0.2, 0) is 11.3 Å². The lowest BCUT2D eigenvalue weighted by Gasteiger charge is -2.04. The highest BCUT2D eigenvalue weighted by molar-refractivity contribution is 7.13. The van der Waals surface area contributed by atoms with Crippen LogP contribution in [0.1, 0.15) is 18.2 Å². The predicted octanol–water partition coefficient (Wildman–Crippen LogP) is 3.32. The highest BCUT2D eigenvalue weighted by Gasteiger charge is 2.39.